The minimum atomic E-state index is -0.687. The van der Waals surface area contributed by atoms with E-state index in [-0.39, 0.29) is 0 Å². The third-order valence-corrected chi connectivity index (χ3v) is 6.69. The predicted octanol–water partition coefficient (Wildman–Crippen LogP) is 5.34. The Labute approximate surface area is 125 Å². The first-order valence-corrected chi connectivity index (χ1v) is 8.57. The molecule has 0 aromatic rings. The fourth-order valence-corrected chi connectivity index (χ4v) is 5.32. The van der Waals surface area contributed by atoms with Gasteiger partial charge in [0.2, 0.25) is 0 Å². The summed E-state index contributed by atoms with van der Waals surface area (Å²) in [6, 6.07) is 0. The number of hydrogen-bond acceptors (Lipinski definition) is 1. The van der Waals surface area contributed by atoms with E-state index in [1.807, 2.05) is 6.92 Å². The van der Waals surface area contributed by atoms with E-state index in [0.717, 1.165) is 24.7 Å². The van der Waals surface area contributed by atoms with E-state index in [9.17, 15) is 5.11 Å². The van der Waals surface area contributed by atoms with Crippen LogP contribution in [0.5, 0.6) is 0 Å². The Balaban J connectivity index is 2.11. The van der Waals surface area contributed by atoms with Crippen LogP contribution >= 0.6 is 0 Å². The zero-order valence-electron chi connectivity index (χ0n) is 14.0. The van der Waals surface area contributed by atoms with Gasteiger partial charge in [-0.2, -0.15) is 0 Å². The van der Waals surface area contributed by atoms with Gasteiger partial charge in [0.15, 0.2) is 0 Å². The molecule has 0 spiro atoms. The second kappa shape index (κ2) is 5.48. The van der Waals surface area contributed by atoms with E-state index in [1.165, 1.54) is 38.5 Å². The molecule has 0 radical (unpaired) electrons. The highest BCUT2D eigenvalue weighted by molar-refractivity contribution is 5.02. The molecule has 0 aliphatic heterocycles. The van der Waals surface area contributed by atoms with Crippen LogP contribution in [0.3, 0.4) is 0 Å². The first-order valence-electron chi connectivity index (χ1n) is 8.57. The molecular weight excluding hydrogens is 244 g/mol. The fraction of sp³-hybridized carbons (Fsp3) is 0.895. The lowest BCUT2D eigenvalue weighted by Gasteiger charge is -2.57. The first kappa shape index (κ1) is 16.1. The summed E-state index contributed by atoms with van der Waals surface area (Å²) in [6.07, 6.45) is 12.0. The van der Waals surface area contributed by atoms with Crippen LogP contribution in [0.25, 0.3) is 0 Å². The van der Waals surface area contributed by atoms with E-state index in [4.69, 9.17) is 0 Å². The molecule has 0 amide bonds. The van der Waals surface area contributed by atoms with Gasteiger partial charge >= 0.3 is 0 Å². The van der Waals surface area contributed by atoms with Gasteiger partial charge in [0.1, 0.15) is 0 Å². The van der Waals surface area contributed by atoms with Gasteiger partial charge in [0.25, 0.3) is 0 Å². The van der Waals surface area contributed by atoms with Crippen molar-refractivity contribution in [3.8, 4) is 0 Å². The quantitative estimate of drug-likeness (QED) is 0.688. The third-order valence-electron chi connectivity index (χ3n) is 6.69. The average molecular weight is 278 g/mol. The van der Waals surface area contributed by atoms with Crippen molar-refractivity contribution in [2.24, 2.45) is 22.7 Å². The van der Waals surface area contributed by atoms with Gasteiger partial charge < -0.3 is 5.11 Å². The minimum absolute atomic E-state index is 0.497. The van der Waals surface area contributed by atoms with Crippen LogP contribution < -0.4 is 0 Å². The van der Waals surface area contributed by atoms with E-state index in [2.05, 4.69) is 27.4 Å². The largest absolute Gasteiger partial charge is 0.386 e. The molecule has 1 heteroatoms. The summed E-state index contributed by atoms with van der Waals surface area (Å²) in [5, 5.41) is 10.2. The van der Waals surface area contributed by atoms with Crippen molar-refractivity contribution in [2.45, 2.75) is 84.7 Å². The van der Waals surface area contributed by atoms with Crippen molar-refractivity contribution in [3.63, 3.8) is 0 Å². The first-order chi connectivity index (χ1) is 9.21. The molecule has 0 saturated heterocycles. The van der Waals surface area contributed by atoms with Crippen LogP contribution in [-0.2, 0) is 0 Å². The summed E-state index contributed by atoms with van der Waals surface area (Å²) in [7, 11) is 0. The number of hydrogen-bond donors (Lipinski definition) is 1. The van der Waals surface area contributed by atoms with Gasteiger partial charge in [-0.25, -0.2) is 0 Å². The zero-order valence-corrected chi connectivity index (χ0v) is 14.0. The predicted molar refractivity (Wildman–Crippen MR) is 86.6 cm³/mol. The third kappa shape index (κ3) is 2.98. The Morgan fingerprint density at radius 1 is 1.20 bits per heavy atom. The molecule has 20 heavy (non-hydrogen) atoms. The fourth-order valence-electron chi connectivity index (χ4n) is 5.32. The monoisotopic (exact) mass is 278 g/mol. The van der Waals surface area contributed by atoms with Crippen LogP contribution in [0.2, 0.25) is 0 Å². The van der Waals surface area contributed by atoms with E-state index >= 15 is 0 Å². The second-order valence-electron chi connectivity index (χ2n) is 8.63. The lowest BCUT2D eigenvalue weighted by atomic mass is 9.48. The lowest BCUT2D eigenvalue weighted by Crippen LogP contribution is -2.49. The topological polar surface area (TPSA) is 20.2 Å². The van der Waals surface area contributed by atoms with Crippen molar-refractivity contribution in [2.75, 3.05) is 0 Å². The van der Waals surface area contributed by atoms with E-state index in [0.29, 0.717) is 10.8 Å². The molecular formula is C19H34O. The van der Waals surface area contributed by atoms with E-state index in [1.54, 1.807) is 6.08 Å². The maximum Gasteiger partial charge on any atom is 0.0797 e. The van der Waals surface area contributed by atoms with Crippen LogP contribution in [0.15, 0.2) is 12.7 Å². The maximum absolute atomic E-state index is 10.2. The van der Waals surface area contributed by atoms with Crippen molar-refractivity contribution >= 4 is 0 Å². The molecule has 1 N–H and O–H groups in total. The van der Waals surface area contributed by atoms with Crippen molar-refractivity contribution in [1.82, 2.24) is 0 Å². The van der Waals surface area contributed by atoms with Gasteiger partial charge in [-0.15, -0.1) is 6.58 Å². The SMILES string of the molecule is C=C[C@](C)(O)CC[C@@H]1CCC[C@H]2C(C)(C)CCC[C@]12C. The highest BCUT2D eigenvalue weighted by atomic mass is 16.3. The highest BCUT2D eigenvalue weighted by Gasteiger charge is 2.51. The average Bonchev–Trinajstić information content (AvgIpc) is 2.36. The standard InChI is InChI=1S/C19H34O/c1-6-18(4,20)14-11-15-9-7-10-16-17(2,3)12-8-13-19(15,16)5/h6,15-16,20H,1,7-14H2,2-5H3/t15-,16-,18-,19+/m0/s1. The summed E-state index contributed by atoms with van der Waals surface area (Å²) in [4.78, 5) is 0. The molecule has 1 nitrogen and oxygen atoms in total. The lowest BCUT2D eigenvalue weighted by molar-refractivity contribution is -0.0792. The normalized spacial score (nSPS) is 39.6. The van der Waals surface area contributed by atoms with Crippen molar-refractivity contribution < 1.29 is 5.11 Å². The van der Waals surface area contributed by atoms with Gasteiger partial charge in [-0.05, 0) is 68.1 Å². The van der Waals surface area contributed by atoms with Crippen LogP contribution in [0.1, 0.15) is 79.1 Å². The molecule has 0 heterocycles. The molecule has 2 fully saturated rings. The molecule has 2 saturated carbocycles. The summed E-state index contributed by atoms with van der Waals surface area (Å²) < 4.78 is 0. The Morgan fingerprint density at radius 2 is 1.90 bits per heavy atom. The zero-order chi connectivity index (χ0) is 15.0. The molecule has 0 aromatic heterocycles. The van der Waals surface area contributed by atoms with Crippen LogP contribution in [0.4, 0.5) is 0 Å². The molecule has 0 unspecified atom stereocenters. The Bertz CT molecular complexity index is 355. The molecule has 0 bridgehead atoms. The van der Waals surface area contributed by atoms with Crippen molar-refractivity contribution in [1.29, 1.82) is 0 Å². The van der Waals surface area contributed by atoms with E-state index < -0.39 is 5.60 Å². The molecule has 4 atom stereocenters. The number of rotatable bonds is 4. The summed E-state index contributed by atoms with van der Waals surface area (Å²) in [6.45, 7) is 13.2. The Hall–Kier alpha value is -0.300. The Morgan fingerprint density at radius 3 is 2.55 bits per heavy atom. The van der Waals surface area contributed by atoms with Crippen molar-refractivity contribution in [3.05, 3.63) is 12.7 Å². The van der Waals surface area contributed by atoms with Gasteiger partial charge in [-0.3, -0.25) is 0 Å². The molecule has 2 aliphatic carbocycles. The maximum atomic E-state index is 10.2. The van der Waals surface area contributed by atoms with Crippen LogP contribution in [0, 0.1) is 22.7 Å². The van der Waals surface area contributed by atoms with Crippen LogP contribution in [-0.4, -0.2) is 10.7 Å². The molecule has 116 valence electrons. The van der Waals surface area contributed by atoms with Gasteiger partial charge in [0, 0.05) is 0 Å². The molecule has 2 aliphatic rings. The summed E-state index contributed by atoms with van der Waals surface area (Å²) >= 11 is 0. The second-order valence-corrected chi connectivity index (χ2v) is 8.63. The highest BCUT2D eigenvalue weighted by Crippen LogP contribution is 2.60. The summed E-state index contributed by atoms with van der Waals surface area (Å²) in [5.74, 6) is 1.66. The smallest absolute Gasteiger partial charge is 0.0797 e. The summed E-state index contributed by atoms with van der Waals surface area (Å²) in [5.41, 5.74) is 0.317. The number of aliphatic hydroxyl groups is 1. The number of fused-ring (bicyclic) bond motifs is 1. The molecule has 2 rings (SSSR count). The minimum Gasteiger partial charge on any atom is -0.386 e. The Kier molecular flexibility index (Phi) is 4.40. The van der Waals surface area contributed by atoms with Gasteiger partial charge in [0.05, 0.1) is 5.60 Å². The van der Waals surface area contributed by atoms with Gasteiger partial charge in [-0.1, -0.05) is 39.7 Å². The molecule has 0 aromatic carbocycles.